The number of allylic oxidation sites excluding steroid dienone is 2. The maximum atomic E-state index is 10.6. The minimum Gasteiger partial charge on any atom is -0.394 e. The monoisotopic (exact) mass is 448 g/mol. The van der Waals surface area contributed by atoms with E-state index < -0.39 is 74.1 Å². The van der Waals surface area contributed by atoms with Crippen LogP contribution >= 0.6 is 0 Å². The van der Waals surface area contributed by atoms with Crippen molar-refractivity contribution in [3.63, 3.8) is 0 Å². The second-order valence-corrected chi connectivity index (χ2v) is 8.47. The Balaban J connectivity index is 2.21. The van der Waals surface area contributed by atoms with Gasteiger partial charge in [-0.15, -0.1) is 6.58 Å². The van der Waals surface area contributed by atoms with Gasteiger partial charge in [-0.25, -0.2) is 0 Å². The molecule has 180 valence electrons. The number of ether oxygens (including phenoxy) is 4. The SMILES string of the molecule is C=CC(C)(CCC=C(C)C)OC1O[C@H](CO)[C@@H](O)[C@H](O)[C@H]1OC1O[C@H](CO)[C@H](O)C1O. The summed E-state index contributed by atoms with van der Waals surface area (Å²) < 4.78 is 22.7. The van der Waals surface area contributed by atoms with Crippen molar-refractivity contribution < 1.29 is 49.6 Å². The van der Waals surface area contributed by atoms with Crippen LogP contribution in [0.2, 0.25) is 0 Å². The molecule has 10 atom stereocenters. The molecule has 2 saturated heterocycles. The first-order valence-electron chi connectivity index (χ1n) is 10.4. The van der Waals surface area contributed by atoms with E-state index >= 15 is 0 Å². The molecule has 0 bridgehead atoms. The molecule has 0 spiro atoms. The van der Waals surface area contributed by atoms with E-state index in [2.05, 4.69) is 6.58 Å². The smallest absolute Gasteiger partial charge is 0.188 e. The highest BCUT2D eigenvalue weighted by molar-refractivity contribution is 5.01. The van der Waals surface area contributed by atoms with Crippen LogP contribution in [0.4, 0.5) is 0 Å². The van der Waals surface area contributed by atoms with E-state index in [1.807, 2.05) is 19.9 Å². The molecular weight excluding hydrogens is 412 g/mol. The van der Waals surface area contributed by atoms with Crippen molar-refractivity contribution in [3.8, 4) is 0 Å². The number of hydrogen-bond donors (Lipinski definition) is 6. The zero-order valence-corrected chi connectivity index (χ0v) is 18.2. The molecule has 0 radical (unpaired) electrons. The Morgan fingerprint density at radius 3 is 2.00 bits per heavy atom. The third-order valence-corrected chi connectivity index (χ3v) is 5.62. The zero-order valence-electron chi connectivity index (χ0n) is 18.2. The molecule has 0 saturated carbocycles. The van der Waals surface area contributed by atoms with Crippen molar-refractivity contribution in [1.29, 1.82) is 0 Å². The molecule has 4 unspecified atom stereocenters. The molecule has 0 aromatic rings. The summed E-state index contributed by atoms with van der Waals surface area (Å²) in [6.07, 6.45) is -7.28. The standard InChI is InChI=1S/C21H36O10/c1-5-21(4,8-6-7-11(2)3)31-20-18(16(26)14(24)12(9-22)29-20)30-19-17(27)15(25)13(10-23)28-19/h5,7,12-20,22-27H,1,6,8-10H2,2-4H3/t12-,13-,14-,15+,16+,17?,18-,19?,20?,21?/m1/s1. The van der Waals surface area contributed by atoms with Crippen LogP contribution in [0.1, 0.15) is 33.6 Å². The van der Waals surface area contributed by atoms with Crippen LogP contribution in [0.5, 0.6) is 0 Å². The van der Waals surface area contributed by atoms with Gasteiger partial charge >= 0.3 is 0 Å². The third kappa shape index (κ3) is 6.32. The van der Waals surface area contributed by atoms with E-state index in [1.165, 1.54) is 0 Å². The maximum Gasteiger partial charge on any atom is 0.188 e. The number of rotatable bonds is 10. The third-order valence-electron chi connectivity index (χ3n) is 5.62. The second-order valence-electron chi connectivity index (χ2n) is 8.47. The molecule has 2 fully saturated rings. The van der Waals surface area contributed by atoms with Crippen LogP contribution < -0.4 is 0 Å². The van der Waals surface area contributed by atoms with Gasteiger partial charge in [-0.2, -0.15) is 0 Å². The molecule has 0 amide bonds. The first-order valence-corrected chi connectivity index (χ1v) is 10.4. The lowest BCUT2D eigenvalue weighted by Gasteiger charge is -2.45. The molecule has 6 N–H and O–H groups in total. The van der Waals surface area contributed by atoms with Crippen molar-refractivity contribution in [2.45, 2.75) is 94.5 Å². The Morgan fingerprint density at radius 1 is 0.935 bits per heavy atom. The molecule has 2 rings (SSSR count). The normalized spacial score (nSPS) is 40.4. The van der Waals surface area contributed by atoms with E-state index in [9.17, 15) is 30.6 Å². The van der Waals surface area contributed by atoms with E-state index in [1.54, 1.807) is 13.0 Å². The highest BCUT2D eigenvalue weighted by Crippen LogP contribution is 2.33. The first kappa shape index (κ1) is 26.3. The van der Waals surface area contributed by atoms with Crippen molar-refractivity contribution >= 4 is 0 Å². The van der Waals surface area contributed by atoms with Crippen molar-refractivity contribution in [2.24, 2.45) is 0 Å². The zero-order chi connectivity index (χ0) is 23.3. The molecule has 10 heteroatoms. The van der Waals surface area contributed by atoms with Crippen molar-refractivity contribution in [1.82, 2.24) is 0 Å². The topological polar surface area (TPSA) is 158 Å². The van der Waals surface area contributed by atoms with Crippen LogP contribution in [0.25, 0.3) is 0 Å². The van der Waals surface area contributed by atoms with Gasteiger partial charge in [-0.3, -0.25) is 0 Å². The lowest BCUT2D eigenvalue weighted by atomic mass is 9.96. The highest BCUT2D eigenvalue weighted by Gasteiger charge is 2.51. The summed E-state index contributed by atoms with van der Waals surface area (Å²) in [4.78, 5) is 0. The van der Waals surface area contributed by atoms with E-state index in [-0.39, 0.29) is 0 Å². The number of hydrogen-bond acceptors (Lipinski definition) is 10. The predicted molar refractivity (Wildman–Crippen MR) is 109 cm³/mol. The van der Waals surface area contributed by atoms with Crippen LogP contribution in [0, 0.1) is 0 Å². The average Bonchev–Trinajstić information content (AvgIpc) is 3.00. The predicted octanol–water partition coefficient (Wildman–Crippen LogP) is -1.04. The quantitative estimate of drug-likeness (QED) is 0.228. The molecule has 0 aliphatic carbocycles. The Morgan fingerprint density at radius 2 is 1.48 bits per heavy atom. The van der Waals surface area contributed by atoms with Gasteiger partial charge in [-0.05, 0) is 33.6 Å². The molecule has 31 heavy (non-hydrogen) atoms. The van der Waals surface area contributed by atoms with Gasteiger partial charge in [0, 0.05) is 0 Å². The van der Waals surface area contributed by atoms with Gasteiger partial charge < -0.3 is 49.6 Å². The second kappa shape index (κ2) is 11.3. The van der Waals surface area contributed by atoms with Gasteiger partial charge in [0.2, 0.25) is 0 Å². The van der Waals surface area contributed by atoms with Gasteiger partial charge in [0.25, 0.3) is 0 Å². The number of aliphatic hydroxyl groups is 6. The molecule has 10 nitrogen and oxygen atoms in total. The fourth-order valence-electron chi connectivity index (χ4n) is 3.55. The Hall–Kier alpha value is -0.920. The maximum absolute atomic E-state index is 10.6. The van der Waals surface area contributed by atoms with Gasteiger partial charge in [0.05, 0.1) is 18.8 Å². The lowest BCUT2D eigenvalue weighted by molar-refractivity contribution is -0.350. The molecular formula is C21H36O10. The minimum absolute atomic E-state index is 0.532. The average molecular weight is 449 g/mol. The number of aliphatic hydroxyl groups excluding tert-OH is 6. The molecule has 2 aliphatic heterocycles. The Labute approximate surface area is 182 Å². The van der Waals surface area contributed by atoms with Gasteiger partial charge in [0.15, 0.2) is 12.6 Å². The Kier molecular flexibility index (Phi) is 9.58. The van der Waals surface area contributed by atoms with Crippen molar-refractivity contribution in [3.05, 3.63) is 24.3 Å². The molecule has 0 aromatic heterocycles. The van der Waals surface area contributed by atoms with Crippen molar-refractivity contribution in [2.75, 3.05) is 13.2 Å². The van der Waals surface area contributed by atoms with Crippen LogP contribution in [0.15, 0.2) is 24.3 Å². The Bertz CT molecular complexity index is 609. The molecule has 0 aromatic carbocycles. The molecule has 2 aliphatic rings. The fourth-order valence-corrected chi connectivity index (χ4v) is 3.55. The summed E-state index contributed by atoms with van der Waals surface area (Å²) in [6, 6.07) is 0. The van der Waals surface area contributed by atoms with Gasteiger partial charge in [-0.1, -0.05) is 17.7 Å². The largest absolute Gasteiger partial charge is 0.394 e. The first-order chi connectivity index (χ1) is 14.6. The minimum atomic E-state index is -1.55. The molecule has 2 heterocycles. The van der Waals surface area contributed by atoms with Crippen LogP contribution in [-0.4, -0.2) is 105 Å². The summed E-state index contributed by atoms with van der Waals surface area (Å²) >= 11 is 0. The summed E-state index contributed by atoms with van der Waals surface area (Å²) in [5.41, 5.74) is 0.243. The summed E-state index contributed by atoms with van der Waals surface area (Å²) in [6.45, 7) is 8.43. The fraction of sp³-hybridized carbons (Fsp3) is 0.810. The highest BCUT2D eigenvalue weighted by atomic mass is 16.8. The summed E-state index contributed by atoms with van der Waals surface area (Å²) in [5.74, 6) is 0. The van der Waals surface area contributed by atoms with Crippen LogP contribution in [-0.2, 0) is 18.9 Å². The lowest BCUT2D eigenvalue weighted by Crippen LogP contribution is -2.62. The summed E-state index contributed by atoms with van der Waals surface area (Å²) in [7, 11) is 0. The van der Waals surface area contributed by atoms with Crippen LogP contribution in [0.3, 0.4) is 0 Å². The van der Waals surface area contributed by atoms with E-state index in [0.29, 0.717) is 12.8 Å². The van der Waals surface area contributed by atoms with E-state index in [0.717, 1.165) is 5.57 Å². The van der Waals surface area contributed by atoms with Gasteiger partial charge in [0.1, 0.15) is 42.7 Å². The van der Waals surface area contributed by atoms with E-state index in [4.69, 9.17) is 18.9 Å². The summed E-state index contributed by atoms with van der Waals surface area (Å²) in [5, 5.41) is 59.8.